The fourth-order valence-corrected chi connectivity index (χ4v) is 3.14. The smallest absolute Gasteiger partial charge is 0.240 e. The van der Waals surface area contributed by atoms with Gasteiger partial charge in [0.05, 0.1) is 27.7 Å². The molecule has 0 atom stereocenters. The molecule has 1 N–H and O–H groups in total. The molecule has 0 aliphatic heterocycles. The maximum absolute atomic E-state index is 13.2. The minimum atomic E-state index is -3.80. The van der Waals surface area contributed by atoms with Gasteiger partial charge in [-0.05, 0) is 25.1 Å². The molecule has 0 amide bonds. The largest absolute Gasteiger partial charge is 0.245 e. The highest BCUT2D eigenvalue weighted by molar-refractivity contribution is 7.89. The van der Waals surface area contributed by atoms with Crippen molar-refractivity contribution in [3.05, 3.63) is 45.7 Å². The first-order chi connectivity index (χ1) is 9.42. The SMILES string of the molecule is Cc1nc(CNS(=O)(=O)c2ccc(F)c(C#N)c2)cs1. The third-order valence-corrected chi connectivity index (χ3v) is 4.70. The van der Waals surface area contributed by atoms with Gasteiger partial charge in [-0.1, -0.05) is 0 Å². The first kappa shape index (κ1) is 14.6. The van der Waals surface area contributed by atoms with E-state index in [1.54, 1.807) is 11.4 Å². The molecular formula is C12H10FN3O2S2. The number of thiazole rings is 1. The van der Waals surface area contributed by atoms with Gasteiger partial charge in [0.25, 0.3) is 0 Å². The van der Waals surface area contributed by atoms with Crippen molar-refractivity contribution >= 4 is 21.4 Å². The van der Waals surface area contributed by atoms with E-state index in [9.17, 15) is 12.8 Å². The lowest BCUT2D eigenvalue weighted by Gasteiger charge is -2.06. The summed E-state index contributed by atoms with van der Waals surface area (Å²) >= 11 is 1.42. The molecule has 8 heteroatoms. The highest BCUT2D eigenvalue weighted by Crippen LogP contribution is 2.15. The van der Waals surface area contributed by atoms with E-state index in [0.717, 1.165) is 23.2 Å². The van der Waals surface area contributed by atoms with Gasteiger partial charge in [-0.15, -0.1) is 11.3 Å². The van der Waals surface area contributed by atoms with Crippen molar-refractivity contribution in [2.75, 3.05) is 0 Å². The van der Waals surface area contributed by atoms with Crippen LogP contribution in [-0.2, 0) is 16.6 Å². The molecule has 0 bridgehead atoms. The number of hydrogen-bond donors (Lipinski definition) is 1. The van der Waals surface area contributed by atoms with Crippen LogP contribution < -0.4 is 4.72 Å². The number of aromatic nitrogens is 1. The van der Waals surface area contributed by atoms with Gasteiger partial charge in [0, 0.05) is 5.38 Å². The second-order valence-electron chi connectivity index (χ2n) is 3.94. The fraction of sp³-hybridized carbons (Fsp3) is 0.167. The van der Waals surface area contributed by atoms with Crippen molar-refractivity contribution < 1.29 is 12.8 Å². The van der Waals surface area contributed by atoms with Gasteiger partial charge in [0.2, 0.25) is 10.0 Å². The Bertz CT molecular complexity index is 778. The molecule has 0 spiro atoms. The van der Waals surface area contributed by atoms with Crippen LogP contribution in [0.5, 0.6) is 0 Å². The third kappa shape index (κ3) is 3.19. The van der Waals surface area contributed by atoms with Crippen LogP contribution >= 0.6 is 11.3 Å². The molecule has 1 aromatic carbocycles. The maximum atomic E-state index is 13.2. The van der Waals surface area contributed by atoms with Crippen molar-refractivity contribution in [3.63, 3.8) is 0 Å². The first-order valence-corrected chi connectivity index (χ1v) is 7.89. The molecule has 0 saturated carbocycles. The average molecular weight is 311 g/mol. The van der Waals surface area contributed by atoms with Crippen LogP contribution in [0.1, 0.15) is 16.3 Å². The number of sulfonamides is 1. The number of halogens is 1. The Morgan fingerprint density at radius 2 is 2.25 bits per heavy atom. The van der Waals surface area contributed by atoms with Crippen LogP contribution in [0.3, 0.4) is 0 Å². The van der Waals surface area contributed by atoms with Crippen LogP contribution in [0.25, 0.3) is 0 Å². The Morgan fingerprint density at radius 1 is 1.50 bits per heavy atom. The molecule has 1 heterocycles. The predicted octanol–water partition coefficient (Wildman–Crippen LogP) is 1.94. The second-order valence-corrected chi connectivity index (χ2v) is 6.77. The molecule has 0 radical (unpaired) electrons. The third-order valence-electron chi connectivity index (χ3n) is 2.48. The zero-order valence-electron chi connectivity index (χ0n) is 10.4. The van der Waals surface area contributed by atoms with Crippen molar-refractivity contribution in [2.45, 2.75) is 18.4 Å². The molecule has 0 aliphatic carbocycles. The minimum Gasteiger partial charge on any atom is -0.245 e. The Morgan fingerprint density at radius 3 is 2.85 bits per heavy atom. The average Bonchev–Trinajstić information content (AvgIpc) is 2.83. The molecular weight excluding hydrogens is 301 g/mol. The van der Waals surface area contributed by atoms with E-state index in [0.29, 0.717) is 5.69 Å². The van der Waals surface area contributed by atoms with Crippen molar-refractivity contribution in [1.29, 1.82) is 5.26 Å². The quantitative estimate of drug-likeness (QED) is 0.935. The number of nitriles is 1. The summed E-state index contributed by atoms with van der Waals surface area (Å²) in [6.07, 6.45) is 0. The standard InChI is InChI=1S/C12H10FN3O2S2/c1-8-16-10(7-19-8)6-15-20(17,18)11-2-3-12(13)9(4-11)5-14/h2-4,7,15H,6H2,1H3. The Kier molecular flexibility index (Phi) is 4.13. The van der Waals surface area contributed by atoms with Gasteiger partial charge in [0.1, 0.15) is 11.9 Å². The molecule has 2 rings (SSSR count). The Balaban J connectivity index is 2.20. The summed E-state index contributed by atoms with van der Waals surface area (Å²) in [6.45, 7) is 1.87. The summed E-state index contributed by atoms with van der Waals surface area (Å²) in [5, 5.41) is 11.3. The van der Waals surface area contributed by atoms with Gasteiger partial charge in [-0.25, -0.2) is 22.5 Å². The van der Waals surface area contributed by atoms with E-state index in [1.807, 2.05) is 6.92 Å². The number of rotatable bonds is 4. The topological polar surface area (TPSA) is 82.8 Å². The monoisotopic (exact) mass is 311 g/mol. The molecule has 5 nitrogen and oxygen atoms in total. The summed E-state index contributed by atoms with van der Waals surface area (Å²) in [6, 6.07) is 4.69. The van der Waals surface area contributed by atoms with Gasteiger partial charge < -0.3 is 0 Å². The fourth-order valence-electron chi connectivity index (χ4n) is 1.50. The second kappa shape index (κ2) is 5.66. The predicted molar refractivity (Wildman–Crippen MR) is 72.0 cm³/mol. The zero-order valence-corrected chi connectivity index (χ0v) is 12.1. The number of nitrogens with zero attached hydrogens (tertiary/aromatic N) is 2. The highest BCUT2D eigenvalue weighted by Gasteiger charge is 2.16. The summed E-state index contributed by atoms with van der Waals surface area (Å²) < 4.78 is 39.6. The molecule has 20 heavy (non-hydrogen) atoms. The lowest BCUT2D eigenvalue weighted by molar-refractivity contribution is 0.579. The number of benzene rings is 1. The Labute approximate surface area is 119 Å². The summed E-state index contributed by atoms with van der Waals surface area (Å²) in [5.41, 5.74) is 0.302. The molecule has 2 aromatic rings. The van der Waals surface area contributed by atoms with Gasteiger partial charge in [-0.2, -0.15) is 5.26 Å². The van der Waals surface area contributed by atoms with Crippen molar-refractivity contribution in [2.24, 2.45) is 0 Å². The van der Waals surface area contributed by atoms with Crippen molar-refractivity contribution in [3.8, 4) is 6.07 Å². The molecule has 0 saturated heterocycles. The van der Waals surface area contributed by atoms with Crippen molar-refractivity contribution in [1.82, 2.24) is 9.71 Å². The Hall–Kier alpha value is -1.82. The van der Waals surface area contributed by atoms with Crippen LogP contribution in [0.4, 0.5) is 4.39 Å². The summed E-state index contributed by atoms with van der Waals surface area (Å²) in [7, 11) is -3.80. The van der Waals surface area contributed by atoms with E-state index in [4.69, 9.17) is 5.26 Å². The lowest BCUT2D eigenvalue weighted by Crippen LogP contribution is -2.23. The lowest BCUT2D eigenvalue weighted by atomic mass is 10.2. The van der Waals surface area contributed by atoms with Gasteiger partial charge in [0.15, 0.2) is 0 Å². The summed E-state index contributed by atoms with van der Waals surface area (Å²) in [5.74, 6) is -0.749. The van der Waals surface area contributed by atoms with E-state index in [2.05, 4.69) is 9.71 Å². The number of nitrogens with one attached hydrogen (secondary N) is 1. The van der Waals surface area contributed by atoms with Gasteiger partial charge in [-0.3, -0.25) is 0 Å². The highest BCUT2D eigenvalue weighted by atomic mass is 32.2. The molecule has 0 aliphatic rings. The van der Waals surface area contributed by atoms with E-state index in [1.165, 1.54) is 11.3 Å². The van der Waals surface area contributed by atoms with Crippen LogP contribution in [0, 0.1) is 24.1 Å². The van der Waals surface area contributed by atoms with Crippen LogP contribution in [-0.4, -0.2) is 13.4 Å². The van der Waals surface area contributed by atoms with Crippen LogP contribution in [0.15, 0.2) is 28.5 Å². The summed E-state index contributed by atoms with van der Waals surface area (Å²) in [4.78, 5) is 3.98. The molecule has 104 valence electrons. The minimum absolute atomic E-state index is 0.0476. The molecule has 1 aromatic heterocycles. The number of aryl methyl sites for hydroxylation is 1. The first-order valence-electron chi connectivity index (χ1n) is 5.53. The maximum Gasteiger partial charge on any atom is 0.240 e. The molecule has 0 unspecified atom stereocenters. The van der Waals surface area contributed by atoms with Gasteiger partial charge >= 0.3 is 0 Å². The normalized spacial score (nSPS) is 11.2. The van der Waals surface area contributed by atoms with E-state index >= 15 is 0 Å². The zero-order chi connectivity index (χ0) is 14.8. The van der Waals surface area contributed by atoms with E-state index in [-0.39, 0.29) is 17.0 Å². The molecule has 0 fully saturated rings. The van der Waals surface area contributed by atoms with E-state index < -0.39 is 15.8 Å². The van der Waals surface area contributed by atoms with Crippen LogP contribution in [0.2, 0.25) is 0 Å². The number of hydrogen-bond acceptors (Lipinski definition) is 5.